The van der Waals surface area contributed by atoms with Crippen LogP contribution in [0, 0.1) is 0 Å². The van der Waals surface area contributed by atoms with Crippen LogP contribution in [0.1, 0.15) is 16.7 Å². The van der Waals surface area contributed by atoms with E-state index in [0.717, 1.165) is 33.5 Å². The van der Waals surface area contributed by atoms with Gasteiger partial charge in [0.05, 0.1) is 6.04 Å². The van der Waals surface area contributed by atoms with Crippen LogP contribution < -0.4 is 5.48 Å². The molecule has 2 saturated heterocycles. The third kappa shape index (κ3) is 7.50. The summed E-state index contributed by atoms with van der Waals surface area (Å²) in [6.07, 6.45) is -0.152. The molecule has 56 heavy (non-hydrogen) atoms. The number of carbonyl (C=O) groups is 4. The summed E-state index contributed by atoms with van der Waals surface area (Å²) >= 11 is 1.11. The van der Waals surface area contributed by atoms with Gasteiger partial charge in [-0.05, 0) is 27.1 Å². The lowest BCUT2D eigenvalue weighted by Gasteiger charge is -2.50. The highest BCUT2D eigenvalue weighted by atomic mass is 32.2. The molecule has 3 aromatic carbocycles. The predicted octanol–water partition coefficient (Wildman–Crippen LogP) is 3.86. The molecule has 3 aliphatic rings. The Morgan fingerprint density at radius 3 is 2.07 bits per heavy atom. The third-order valence-electron chi connectivity index (χ3n) is 8.97. The quantitative estimate of drug-likeness (QED) is 0.0431. The number of hydroxylamine groups is 3. The molecule has 4 aromatic rings. The molecule has 0 spiro atoms. The minimum absolute atomic E-state index is 0.0571. The highest BCUT2D eigenvalue weighted by Gasteiger charge is 2.66. The topological polar surface area (TPSA) is 186 Å². The van der Waals surface area contributed by atoms with Crippen molar-refractivity contribution in [2.45, 2.75) is 35.5 Å². The van der Waals surface area contributed by atoms with Gasteiger partial charge in [-0.1, -0.05) is 133 Å². The Balaban J connectivity index is 1.08. The van der Waals surface area contributed by atoms with Gasteiger partial charge in [-0.3, -0.25) is 19.3 Å². The number of thioether (sulfide) groups is 1. The van der Waals surface area contributed by atoms with Gasteiger partial charge in [0.25, 0.3) is 11.8 Å². The summed E-state index contributed by atoms with van der Waals surface area (Å²) in [4.78, 5) is 64.7. The number of rotatable bonds is 16. The van der Waals surface area contributed by atoms with Gasteiger partial charge in [0.1, 0.15) is 32.6 Å². The third-order valence-corrected chi connectivity index (χ3v) is 9.97. The highest BCUT2D eigenvalue weighted by Crippen LogP contribution is 2.47. The van der Waals surface area contributed by atoms with Crippen molar-refractivity contribution in [2.75, 3.05) is 25.7 Å². The molecule has 0 bridgehead atoms. The van der Waals surface area contributed by atoms with Gasteiger partial charge in [-0.15, -0.1) is 5.10 Å². The van der Waals surface area contributed by atoms with Crippen molar-refractivity contribution in [3.8, 4) is 0 Å². The van der Waals surface area contributed by atoms with E-state index < -0.39 is 47.9 Å². The molecule has 3 aliphatic heterocycles. The van der Waals surface area contributed by atoms with Crippen molar-refractivity contribution < 1.29 is 47.8 Å². The van der Waals surface area contributed by atoms with Crippen LogP contribution in [-0.2, 0) is 50.4 Å². The van der Waals surface area contributed by atoms with E-state index in [9.17, 15) is 19.2 Å². The first-order valence-electron chi connectivity index (χ1n) is 17.2. The van der Waals surface area contributed by atoms with E-state index in [1.165, 1.54) is 21.7 Å². The van der Waals surface area contributed by atoms with Crippen LogP contribution in [-0.4, -0.2) is 98.2 Å². The number of nitrogens with zero attached hydrogens (tertiary/aromatic N) is 6. The normalized spacial score (nSPS) is 18.7. The van der Waals surface area contributed by atoms with E-state index in [0.29, 0.717) is 5.57 Å². The van der Waals surface area contributed by atoms with Gasteiger partial charge >= 0.3 is 12.3 Å². The van der Waals surface area contributed by atoms with Crippen LogP contribution in [0.3, 0.4) is 0 Å². The lowest BCUT2D eigenvalue weighted by atomic mass is 9.80. The molecule has 7 rings (SSSR count). The number of ether oxygens (including phenoxy) is 4. The number of tetrazole rings is 1. The summed E-state index contributed by atoms with van der Waals surface area (Å²) in [6.45, 7) is 6.16. The maximum Gasteiger partial charge on any atom is 0.528 e. The SMILES string of the molecule is C=CCOC(=O)OC1=C(CSc2nnnn2CC(=O)NOC(c2ccccc2)(c2ccccc2)c2ccccc2)C2OCN(OC(=O)OCC=C)[C@@H]3C(=O)N1[C@H]23. The van der Waals surface area contributed by atoms with Crippen LogP contribution in [0.25, 0.3) is 0 Å². The number of hydrogen-bond donors (Lipinski definition) is 1. The fraction of sp³-hybridized carbons (Fsp3) is 0.237. The van der Waals surface area contributed by atoms with Gasteiger partial charge in [-0.2, -0.15) is 0 Å². The zero-order chi connectivity index (χ0) is 39.1. The predicted molar refractivity (Wildman–Crippen MR) is 195 cm³/mol. The average molecular weight is 782 g/mol. The molecule has 3 atom stereocenters. The van der Waals surface area contributed by atoms with Crippen LogP contribution >= 0.6 is 11.8 Å². The molecule has 1 aromatic heterocycles. The van der Waals surface area contributed by atoms with Crippen molar-refractivity contribution >= 4 is 35.9 Å². The summed E-state index contributed by atoms with van der Waals surface area (Å²) in [7, 11) is 0. The smallest absolute Gasteiger partial charge is 0.430 e. The maximum absolute atomic E-state index is 13.6. The van der Waals surface area contributed by atoms with Crippen LogP contribution in [0.15, 0.2) is 133 Å². The molecule has 0 aliphatic carbocycles. The summed E-state index contributed by atoms with van der Waals surface area (Å²) in [5.41, 5.74) is 4.17. The van der Waals surface area contributed by atoms with Gasteiger partial charge in [0.2, 0.25) is 11.0 Å². The molecule has 0 saturated carbocycles. The first kappa shape index (κ1) is 38.0. The molecule has 17 nitrogen and oxygen atoms in total. The second-order valence-electron chi connectivity index (χ2n) is 12.3. The second-order valence-corrected chi connectivity index (χ2v) is 13.3. The van der Waals surface area contributed by atoms with Gasteiger partial charge in [0, 0.05) is 11.3 Å². The number of benzene rings is 3. The molecule has 4 heterocycles. The highest BCUT2D eigenvalue weighted by molar-refractivity contribution is 7.99. The van der Waals surface area contributed by atoms with Crippen molar-refractivity contribution in [1.29, 1.82) is 0 Å². The summed E-state index contributed by atoms with van der Waals surface area (Å²) < 4.78 is 22.7. The van der Waals surface area contributed by atoms with Crippen LogP contribution in [0.5, 0.6) is 0 Å². The Bertz CT molecular complexity index is 2020. The minimum Gasteiger partial charge on any atom is -0.430 e. The fourth-order valence-corrected chi connectivity index (χ4v) is 7.52. The molecule has 1 N–H and O–H groups in total. The van der Waals surface area contributed by atoms with Crippen molar-refractivity contribution in [1.82, 2.24) is 35.7 Å². The lowest BCUT2D eigenvalue weighted by molar-refractivity contribution is -0.272. The number of β-lactam (4-membered cyclic amide) rings is 1. The van der Waals surface area contributed by atoms with E-state index in [1.54, 1.807) is 0 Å². The Morgan fingerprint density at radius 1 is 0.893 bits per heavy atom. The number of hydrogen-bond acceptors (Lipinski definition) is 15. The second kappa shape index (κ2) is 17.0. The number of aromatic nitrogens is 4. The van der Waals surface area contributed by atoms with Crippen molar-refractivity contribution in [3.05, 3.63) is 144 Å². The molecule has 288 valence electrons. The van der Waals surface area contributed by atoms with E-state index in [2.05, 4.69) is 34.2 Å². The lowest BCUT2D eigenvalue weighted by Crippen LogP contribution is -2.74. The number of carbonyl (C=O) groups excluding carboxylic acids is 4. The van der Waals surface area contributed by atoms with E-state index >= 15 is 0 Å². The van der Waals surface area contributed by atoms with Gasteiger partial charge in [-0.25, -0.2) is 19.8 Å². The minimum atomic E-state index is -1.22. The molecular formula is C38H35N7O10S. The summed E-state index contributed by atoms with van der Waals surface area (Å²) in [6, 6.07) is 27.0. The number of nitrogens with one attached hydrogen (secondary N) is 1. The Morgan fingerprint density at radius 2 is 1.48 bits per heavy atom. The van der Waals surface area contributed by atoms with Crippen LogP contribution in [0.4, 0.5) is 9.59 Å². The Hall–Kier alpha value is -6.34. The van der Waals surface area contributed by atoms with Crippen molar-refractivity contribution in [2.24, 2.45) is 0 Å². The number of amides is 2. The molecule has 1 unspecified atom stereocenters. The maximum atomic E-state index is 13.6. The Labute approximate surface area is 324 Å². The molecule has 2 amide bonds. The largest absolute Gasteiger partial charge is 0.528 e. The standard InChI is InChI=1S/C38H35N7O10S/c1-3-20-50-36(48)53-34-28(32-30-31(33(47)45(30)34)44(24-52-32)54-37(49)51-21-4-2)23-56-35-39-41-42-43(35)22-29(46)40-55-38(25-14-8-5-9-15-25,26-16-10-6-11-17-26)27-18-12-7-13-19-27/h3-19,30-32H,1-2,20-24H2,(H,40,46)/t30-,31-,32?/m0/s1. The van der Waals surface area contributed by atoms with E-state index in [4.69, 9.17) is 28.6 Å². The first-order valence-corrected chi connectivity index (χ1v) is 18.2. The molecular weight excluding hydrogens is 747 g/mol. The monoisotopic (exact) mass is 781 g/mol. The zero-order valence-electron chi connectivity index (χ0n) is 29.7. The van der Waals surface area contributed by atoms with Gasteiger partial charge in [0.15, 0.2) is 11.6 Å². The van der Waals surface area contributed by atoms with Crippen LogP contribution in [0.2, 0.25) is 0 Å². The van der Waals surface area contributed by atoms with E-state index in [-0.39, 0.29) is 43.3 Å². The molecule has 2 fully saturated rings. The Kier molecular flexibility index (Phi) is 11.5. The first-order chi connectivity index (χ1) is 27.3. The zero-order valence-corrected chi connectivity index (χ0v) is 30.5. The fourth-order valence-electron chi connectivity index (χ4n) is 6.60. The molecule has 18 heteroatoms. The summed E-state index contributed by atoms with van der Waals surface area (Å²) in [5.74, 6) is -1.10. The molecule has 0 radical (unpaired) electrons. The summed E-state index contributed by atoms with van der Waals surface area (Å²) in [5, 5.41) is 13.2. The van der Waals surface area contributed by atoms with Crippen molar-refractivity contribution in [3.63, 3.8) is 0 Å². The van der Waals surface area contributed by atoms with Gasteiger partial charge < -0.3 is 23.8 Å². The van der Waals surface area contributed by atoms with E-state index in [1.807, 2.05) is 91.0 Å². The average Bonchev–Trinajstić information content (AvgIpc) is 3.79.